The molecule has 0 saturated heterocycles. The van der Waals surface area contributed by atoms with Crippen molar-refractivity contribution in [3.05, 3.63) is 95.8 Å². The van der Waals surface area contributed by atoms with Gasteiger partial charge in [-0.05, 0) is 24.1 Å². The predicted octanol–water partition coefficient (Wildman–Crippen LogP) is 3.87. The molecule has 0 aliphatic heterocycles. The number of pyridine rings is 1. The van der Waals surface area contributed by atoms with E-state index in [9.17, 15) is 0 Å². The lowest BCUT2D eigenvalue weighted by atomic mass is 10.1. The molecule has 0 unspecified atom stereocenters. The Kier molecular flexibility index (Phi) is 6.47. The summed E-state index contributed by atoms with van der Waals surface area (Å²) in [7, 11) is 0. The maximum Gasteiger partial charge on any atom is 0.213 e. The van der Waals surface area contributed by atoms with E-state index in [0.717, 1.165) is 17.0 Å². The van der Waals surface area contributed by atoms with Gasteiger partial charge in [0.2, 0.25) is 5.88 Å². The topological polar surface area (TPSA) is 64.9 Å². The van der Waals surface area contributed by atoms with Gasteiger partial charge in [0.15, 0.2) is 0 Å². The van der Waals surface area contributed by atoms with Crippen LogP contribution in [0.2, 0.25) is 0 Å². The Labute approximate surface area is 176 Å². The molecule has 1 N–H and O–H groups in total. The second kappa shape index (κ2) is 9.80. The summed E-state index contributed by atoms with van der Waals surface area (Å²) in [5.41, 5.74) is 5.35. The first-order valence-electron chi connectivity index (χ1n) is 10.1. The van der Waals surface area contributed by atoms with Gasteiger partial charge < -0.3 is 10.1 Å². The van der Waals surface area contributed by atoms with E-state index in [1.54, 1.807) is 11.0 Å². The zero-order valence-electron chi connectivity index (χ0n) is 17.0. The highest BCUT2D eigenvalue weighted by atomic mass is 16.5. The molecule has 152 valence electrons. The van der Waals surface area contributed by atoms with Gasteiger partial charge in [-0.15, -0.1) is 0 Å². The van der Waals surface area contributed by atoms with Crippen LogP contribution in [-0.2, 0) is 13.1 Å². The summed E-state index contributed by atoms with van der Waals surface area (Å²) >= 11 is 0. The van der Waals surface area contributed by atoms with Crippen molar-refractivity contribution in [1.82, 2.24) is 25.3 Å². The first-order chi connectivity index (χ1) is 14.8. The lowest BCUT2D eigenvalue weighted by molar-refractivity contribution is 0.302. The summed E-state index contributed by atoms with van der Waals surface area (Å²) in [4.78, 5) is 5.95. The second-order valence-corrected chi connectivity index (χ2v) is 7.01. The van der Waals surface area contributed by atoms with E-state index in [4.69, 9.17) is 14.9 Å². The average Bonchev–Trinajstić information content (AvgIpc) is 3.19. The third kappa shape index (κ3) is 5.10. The Balaban J connectivity index is 1.44. The van der Waals surface area contributed by atoms with Crippen LogP contribution in [0.3, 0.4) is 0 Å². The summed E-state index contributed by atoms with van der Waals surface area (Å²) in [5, 5.41) is 13.0. The number of hydrogen-bond donors (Lipinski definition) is 1. The molecule has 6 nitrogen and oxygen atoms in total. The van der Waals surface area contributed by atoms with Gasteiger partial charge >= 0.3 is 0 Å². The molecule has 0 bridgehead atoms. The maximum atomic E-state index is 5.64. The first kappa shape index (κ1) is 19.8. The fourth-order valence-corrected chi connectivity index (χ4v) is 3.20. The second-order valence-electron chi connectivity index (χ2n) is 7.01. The number of ether oxygens (including phenoxy) is 1. The highest BCUT2D eigenvalue weighted by molar-refractivity contribution is 5.60. The molecule has 6 heteroatoms. The molecule has 0 aliphatic carbocycles. The van der Waals surface area contributed by atoms with Crippen LogP contribution in [0, 0.1) is 6.92 Å². The highest BCUT2D eigenvalue weighted by Crippen LogP contribution is 2.20. The van der Waals surface area contributed by atoms with Crippen molar-refractivity contribution in [2.24, 2.45) is 0 Å². The minimum Gasteiger partial charge on any atom is -0.476 e. The monoisotopic (exact) mass is 399 g/mol. The average molecular weight is 399 g/mol. The number of rotatable bonds is 9. The summed E-state index contributed by atoms with van der Waals surface area (Å²) in [6.07, 6.45) is 1.72. The summed E-state index contributed by atoms with van der Waals surface area (Å²) < 4.78 is 5.64. The third-order valence-electron chi connectivity index (χ3n) is 4.80. The van der Waals surface area contributed by atoms with Crippen LogP contribution in [0.1, 0.15) is 16.8 Å². The van der Waals surface area contributed by atoms with E-state index < -0.39 is 0 Å². The Morgan fingerprint density at radius 3 is 2.50 bits per heavy atom. The molecule has 4 rings (SSSR count). The van der Waals surface area contributed by atoms with Gasteiger partial charge in [0.05, 0.1) is 6.54 Å². The number of nitrogens with zero attached hydrogens (tertiary/aromatic N) is 4. The van der Waals surface area contributed by atoms with Crippen LogP contribution < -0.4 is 10.1 Å². The van der Waals surface area contributed by atoms with Gasteiger partial charge in [-0.3, -0.25) is 0 Å². The van der Waals surface area contributed by atoms with Gasteiger partial charge in [0, 0.05) is 30.9 Å². The van der Waals surface area contributed by atoms with Crippen LogP contribution in [0.15, 0.2) is 79.0 Å². The fourth-order valence-electron chi connectivity index (χ4n) is 3.20. The van der Waals surface area contributed by atoms with E-state index in [1.807, 2.05) is 48.5 Å². The van der Waals surface area contributed by atoms with E-state index in [-0.39, 0.29) is 0 Å². The molecule has 0 radical (unpaired) electrons. The van der Waals surface area contributed by atoms with Crippen LogP contribution >= 0.6 is 0 Å². The molecule has 30 heavy (non-hydrogen) atoms. The van der Waals surface area contributed by atoms with Crippen molar-refractivity contribution >= 4 is 0 Å². The standard InChI is InChI=1S/C24H25N5O/c1-19-9-5-6-12-21(19)18-29-27-22(24(28-29)20-10-3-2-4-11-20)17-25-15-16-30-23-13-7-8-14-26-23/h2-14,25H,15-18H2,1H3. The fraction of sp³-hybridized carbons (Fsp3) is 0.208. The smallest absolute Gasteiger partial charge is 0.213 e. The minimum atomic E-state index is 0.537. The summed E-state index contributed by atoms with van der Waals surface area (Å²) in [6.45, 7) is 4.60. The normalized spacial score (nSPS) is 10.8. The van der Waals surface area contributed by atoms with Gasteiger partial charge in [0.1, 0.15) is 18.0 Å². The molecule has 2 aromatic carbocycles. The van der Waals surface area contributed by atoms with Crippen LogP contribution in [-0.4, -0.2) is 33.1 Å². The maximum absolute atomic E-state index is 5.64. The molecule has 0 fully saturated rings. The SMILES string of the molecule is Cc1ccccc1Cn1nc(CNCCOc2ccccn2)c(-c2ccccc2)n1. The van der Waals surface area contributed by atoms with E-state index in [0.29, 0.717) is 32.1 Å². The van der Waals surface area contributed by atoms with Gasteiger partial charge in [0.25, 0.3) is 0 Å². The van der Waals surface area contributed by atoms with E-state index in [1.165, 1.54) is 11.1 Å². The zero-order chi connectivity index (χ0) is 20.6. The summed E-state index contributed by atoms with van der Waals surface area (Å²) in [6, 6.07) is 24.1. The van der Waals surface area contributed by atoms with Crippen LogP contribution in [0.4, 0.5) is 0 Å². The molecule has 0 aliphatic rings. The number of aryl methyl sites for hydroxylation is 1. The highest BCUT2D eigenvalue weighted by Gasteiger charge is 2.13. The van der Waals surface area contributed by atoms with E-state index in [2.05, 4.69) is 41.5 Å². The number of hydrogen-bond acceptors (Lipinski definition) is 5. The lowest BCUT2D eigenvalue weighted by Gasteiger charge is -2.06. The van der Waals surface area contributed by atoms with Crippen molar-refractivity contribution in [3.8, 4) is 17.1 Å². The molecule has 2 aromatic heterocycles. The number of aromatic nitrogens is 4. The Morgan fingerprint density at radius 1 is 0.900 bits per heavy atom. The molecule has 0 saturated carbocycles. The van der Waals surface area contributed by atoms with E-state index >= 15 is 0 Å². The predicted molar refractivity (Wildman–Crippen MR) is 117 cm³/mol. The van der Waals surface area contributed by atoms with Gasteiger partial charge in [-0.2, -0.15) is 15.0 Å². The third-order valence-corrected chi connectivity index (χ3v) is 4.80. The quantitative estimate of drug-likeness (QED) is 0.433. The van der Waals surface area contributed by atoms with Crippen molar-refractivity contribution in [2.75, 3.05) is 13.2 Å². The Morgan fingerprint density at radius 2 is 1.70 bits per heavy atom. The summed E-state index contributed by atoms with van der Waals surface area (Å²) in [5.74, 6) is 0.633. The molecular weight excluding hydrogens is 374 g/mol. The molecule has 0 atom stereocenters. The minimum absolute atomic E-state index is 0.537. The van der Waals surface area contributed by atoms with Crippen molar-refractivity contribution in [3.63, 3.8) is 0 Å². The Bertz CT molecular complexity index is 1060. The first-order valence-corrected chi connectivity index (χ1v) is 10.1. The largest absolute Gasteiger partial charge is 0.476 e. The number of nitrogens with one attached hydrogen (secondary N) is 1. The Hall–Kier alpha value is -3.51. The van der Waals surface area contributed by atoms with Crippen LogP contribution in [0.5, 0.6) is 5.88 Å². The van der Waals surface area contributed by atoms with Crippen LogP contribution in [0.25, 0.3) is 11.3 Å². The van der Waals surface area contributed by atoms with Gasteiger partial charge in [-0.25, -0.2) is 4.98 Å². The van der Waals surface area contributed by atoms with Gasteiger partial charge in [-0.1, -0.05) is 60.7 Å². The van der Waals surface area contributed by atoms with Crippen molar-refractivity contribution in [1.29, 1.82) is 0 Å². The molecule has 0 spiro atoms. The van der Waals surface area contributed by atoms with Crippen molar-refractivity contribution < 1.29 is 4.74 Å². The molecule has 0 amide bonds. The lowest BCUT2D eigenvalue weighted by Crippen LogP contribution is -2.21. The number of benzene rings is 2. The van der Waals surface area contributed by atoms with Crippen molar-refractivity contribution in [2.45, 2.75) is 20.0 Å². The molecule has 4 aromatic rings. The molecule has 2 heterocycles. The zero-order valence-corrected chi connectivity index (χ0v) is 17.0. The molecular formula is C24H25N5O.